The molecule has 0 atom stereocenters. The van der Waals surface area contributed by atoms with Crippen molar-refractivity contribution in [3.8, 4) is 5.75 Å². The van der Waals surface area contributed by atoms with Crippen molar-refractivity contribution in [1.29, 1.82) is 0 Å². The van der Waals surface area contributed by atoms with Crippen molar-refractivity contribution in [2.24, 2.45) is 0 Å². The maximum atomic E-state index is 9.56. The summed E-state index contributed by atoms with van der Waals surface area (Å²) in [5.41, 5.74) is 1.05. The van der Waals surface area contributed by atoms with Crippen LogP contribution < -0.4 is 0 Å². The van der Waals surface area contributed by atoms with Crippen LogP contribution in [0.2, 0.25) is 0 Å². The molecule has 0 spiro atoms. The molecule has 0 aliphatic carbocycles. The van der Waals surface area contributed by atoms with Crippen molar-refractivity contribution < 1.29 is 5.11 Å². The van der Waals surface area contributed by atoms with E-state index in [1.165, 1.54) is 0 Å². The zero-order valence-corrected chi connectivity index (χ0v) is 7.20. The molecule has 0 aliphatic heterocycles. The van der Waals surface area contributed by atoms with Crippen LogP contribution in [-0.2, 0) is 0 Å². The van der Waals surface area contributed by atoms with Gasteiger partial charge in [0.25, 0.3) is 0 Å². The standard InChI is InChI=1S/C12H10O/c1-2-9-5-3-7-11-10(9)6-4-8-12(11)13/h2-8,13H,1H2. The van der Waals surface area contributed by atoms with Gasteiger partial charge in [-0.1, -0.05) is 43.0 Å². The van der Waals surface area contributed by atoms with Crippen LogP contribution >= 0.6 is 0 Å². The number of phenolic OH excluding ortho intramolecular Hbond substituents is 1. The molecule has 0 fully saturated rings. The van der Waals surface area contributed by atoms with Gasteiger partial charge < -0.3 is 5.11 Å². The fourth-order valence-electron chi connectivity index (χ4n) is 1.50. The minimum Gasteiger partial charge on any atom is -0.507 e. The number of hydrogen-bond acceptors (Lipinski definition) is 1. The fourth-order valence-corrected chi connectivity index (χ4v) is 1.50. The molecule has 0 saturated carbocycles. The Bertz CT molecular complexity index is 458. The predicted octanol–water partition coefficient (Wildman–Crippen LogP) is 3.19. The van der Waals surface area contributed by atoms with E-state index in [0.29, 0.717) is 5.75 Å². The maximum absolute atomic E-state index is 9.56. The lowest BCUT2D eigenvalue weighted by Crippen LogP contribution is -1.77. The van der Waals surface area contributed by atoms with Gasteiger partial charge in [-0.15, -0.1) is 0 Å². The van der Waals surface area contributed by atoms with Gasteiger partial charge in [0.15, 0.2) is 0 Å². The first-order valence-corrected chi connectivity index (χ1v) is 4.16. The summed E-state index contributed by atoms with van der Waals surface area (Å²) in [6, 6.07) is 11.3. The van der Waals surface area contributed by atoms with E-state index >= 15 is 0 Å². The third-order valence-corrected chi connectivity index (χ3v) is 2.15. The molecular formula is C12H10O. The van der Waals surface area contributed by atoms with Crippen molar-refractivity contribution >= 4 is 16.8 Å². The summed E-state index contributed by atoms with van der Waals surface area (Å²) in [5.74, 6) is 0.321. The maximum Gasteiger partial charge on any atom is 0.123 e. The molecular weight excluding hydrogens is 160 g/mol. The first kappa shape index (κ1) is 7.87. The van der Waals surface area contributed by atoms with Gasteiger partial charge in [0, 0.05) is 5.39 Å². The van der Waals surface area contributed by atoms with E-state index in [0.717, 1.165) is 16.3 Å². The summed E-state index contributed by atoms with van der Waals surface area (Å²) in [4.78, 5) is 0. The molecule has 13 heavy (non-hydrogen) atoms. The summed E-state index contributed by atoms with van der Waals surface area (Å²) in [6.45, 7) is 3.73. The minimum atomic E-state index is 0.321. The van der Waals surface area contributed by atoms with E-state index in [1.54, 1.807) is 12.1 Å². The first-order chi connectivity index (χ1) is 6.33. The Labute approximate surface area is 76.9 Å². The molecule has 2 aromatic carbocycles. The molecule has 0 aromatic heterocycles. The molecule has 0 aliphatic rings. The number of fused-ring (bicyclic) bond motifs is 1. The number of benzene rings is 2. The van der Waals surface area contributed by atoms with E-state index in [2.05, 4.69) is 6.58 Å². The monoisotopic (exact) mass is 170 g/mol. The number of hydrogen-bond donors (Lipinski definition) is 1. The normalized spacial score (nSPS) is 10.2. The minimum absolute atomic E-state index is 0.321. The molecule has 2 aromatic rings. The molecule has 1 N–H and O–H groups in total. The second kappa shape index (κ2) is 2.94. The highest BCUT2D eigenvalue weighted by molar-refractivity contribution is 5.94. The van der Waals surface area contributed by atoms with Gasteiger partial charge >= 0.3 is 0 Å². The number of aromatic hydroxyl groups is 1. The average molecular weight is 170 g/mol. The molecule has 0 saturated heterocycles. The van der Waals surface area contributed by atoms with Crippen LogP contribution in [0.1, 0.15) is 5.56 Å². The topological polar surface area (TPSA) is 20.2 Å². The van der Waals surface area contributed by atoms with E-state index in [-0.39, 0.29) is 0 Å². The SMILES string of the molecule is C=Cc1cccc2c(O)cccc12. The first-order valence-electron chi connectivity index (χ1n) is 4.16. The fraction of sp³-hybridized carbons (Fsp3) is 0. The molecule has 0 radical (unpaired) electrons. The Kier molecular flexibility index (Phi) is 1.78. The Morgan fingerprint density at radius 3 is 2.46 bits per heavy atom. The molecule has 0 heterocycles. The summed E-state index contributed by atoms with van der Waals surface area (Å²) >= 11 is 0. The molecule has 0 bridgehead atoms. The zero-order valence-electron chi connectivity index (χ0n) is 7.20. The van der Waals surface area contributed by atoms with Crippen LogP contribution in [0.4, 0.5) is 0 Å². The highest BCUT2D eigenvalue weighted by Crippen LogP contribution is 2.26. The zero-order chi connectivity index (χ0) is 9.26. The molecule has 64 valence electrons. The lowest BCUT2D eigenvalue weighted by Gasteiger charge is -2.02. The van der Waals surface area contributed by atoms with E-state index < -0.39 is 0 Å². The Balaban J connectivity index is 2.92. The third-order valence-electron chi connectivity index (χ3n) is 2.15. The predicted molar refractivity (Wildman–Crippen MR) is 55.7 cm³/mol. The summed E-state index contributed by atoms with van der Waals surface area (Å²) in [7, 11) is 0. The van der Waals surface area contributed by atoms with E-state index in [1.807, 2.05) is 30.3 Å². The van der Waals surface area contributed by atoms with Crippen molar-refractivity contribution in [3.05, 3.63) is 48.5 Å². The highest BCUT2D eigenvalue weighted by atomic mass is 16.3. The van der Waals surface area contributed by atoms with Crippen molar-refractivity contribution in [3.63, 3.8) is 0 Å². The Hall–Kier alpha value is -1.76. The Morgan fingerprint density at radius 2 is 1.69 bits per heavy atom. The van der Waals surface area contributed by atoms with Gasteiger partial charge in [0.05, 0.1) is 0 Å². The second-order valence-corrected chi connectivity index (χ2v) is 2.92. The van der Waals surface area contributed by atoms with E-state index in [4.69, 9.17) is 0 Å². The largest absolute Gasteiger partial charge is 0.507 e. The molecule has 1 nitrogen and oxygen atoms in total. The van der Waals surface area contributed by atoms with Crippen molar-refractivity contribution in [2.45, 2.75) is 0 Å². The summed E-state index contributed by atoms with van der Waals surface area (Å²) in [6.07, 6.45) is 1.79. The van der Waals surface area contributed by atoms with Crippen LogP contribution in [0.25, 0.3) is 16.8 Å². The highest BCUT2D eigenvalue weighted by Gasteiger charge is 2.00. The summed E-state index contributed by atoms with van der Waals surface area (Å²) < 4.78 is 0. The van der Waals surface area contributed by atoms with Gasteiger partial charge in [0.2, 0.25) is 0 Å². The quantitative estimate of drug-likeness (QED) is 0.696. The Morgan fingerprint density at radius 1 is 1.00 bits per heavy atom. The van der Waals surface area contributed by atoms with Gasteiger partial charge in [-0.2, -0.15) is 0 Å². The molecule has 1 heteroatoms. The van der Waals surface area contributed by atoms with Crippen LogP contribution in [0.3, 0.4) is 0 Å². The molecule has 2 rings (SSSR count). The lowest BCUT2D eigenvalue weighted by atomic mass is 10.0. The van der Waals surface area contributed by atoms with Crippen LogP contribution in [0.15, 0.2) is 43.0 Å². The van der Waals surface area contributed by atoms with Crippen molar-refractivity contribution in [1.82, 2.24) is 0 Å². The van der Waals surface area contributed by atoms with Crippen LogP contribution in [0.5, 0.6) is 5.75 Å². The van der Waals surface area contributed by atoms with Gasteiger partial charge in [-0.25, -0.2) is 0 Å². The average Bonchev–Trinajstić information content (AvgIpc) is 2.18. The number of phenols is 1. The summed E-state index contributed by atoms with van der Waals surface area (Å²) in [5, 5.41) is 11.5. The van der Waals surface area contributed by atoms with Crippen LogP contribution in [0, 0.1) is 0 Å². The van der Waals surface area contributed by atoms with Gasteiger partial charge in [-0.3, -0.25) is 0 Å². The number of rotatable bonds is 1. The lowest BCUT2D eigenvalue weighted by molar-refractivity contribution is 0.481. The van der Waals surface area contributed by atoms with E-state index in [9.17, 15) is 5.11 Å². The third kappa shape index (κ3) is 1.18. The van der Waals surface area contributed by atoms with Crippen LogP contribution in [-0.4, -0.2) is 5.11 Å². The van der Waals surface area contributed by atoms with Gasteiger partial charge in [-0.05, 0) is 17.0 Å². The van der Waals surface area contributed by atoms with Gasteiger partial charge in [0.1, 0.15) is 5.75 Å². The molecule has 0 unspecified atom stereocenters. The smallest absolute Gasteiger partial charge is 0.123 e. The molecule has 0 amide bonds. The second-order valence-electron chi connectivity index (χ2n) is 2.92. The van der Waals surface area contributed by atoms with Crippen molar-refractivity contribution in [2.75, 3.05) is 0 Å².